The molecule has 3 aromatic rings. The molecule has 0 unspecified atom stereocenters. The molecule has 3 rings (SSSR count). The smallest absolute Gasteiger partial charge is 0.274 e. The van der Waals surface area contributed by atoms with Gasteiger partial charge < -0.3 is 10.4 Å². The van der Waals surface area contributed by atoms with Crippen molar-refractivity contribution in [3.8, 4) is 5.82 Å². The minimum atomic E-state index is -0.316. The molecule has 6 nitrogen and oxygen atoms in total. The van der Waals surface area contributed by atoms with E-state index in [0.717, 1.165) is 5.56 Å². The topological polar surface area (TPSA) is 80.0 Å². The highest BCUT2D eigenvalue weighted by atomic mass is 16.3. The van der Waals surface area contributed by atoms with E-state index in [0.29, 0.717) is 17.2 Å². The van der Waals surface area contributed by atoms with Gasteiger partial charge in [-0.1, -0.05) is 18.2 Å². The van der Waals surface area contributed by atoms with Gasteiger partial charge in [-0.15, -0.1) is 0 Å². The van der Waals surface area contributed by atoms with Crippen molar-refractivity contribution in [1.29, 1.82) is 0 Å². The number of hydrogen-bond acceptors (Lipinski definition) is 4. The van der Waals surface area contributed by atoms with Crippen LogP contribution >= 0.6 is 0 Å². The first-order chi connectivity index (χ1) is 10.8. The van der Waals surface area contributed by atoms with E-state index in [2.05, 4.69) is 15.4 Å². The van der Waals surface area contributed by atoms with Crippen LogP contribution in [0.2, 0.25) is 0 Å². The molecule has 0 saturated heterocycles. The van der Waals surface area contributed by atoms with Crippen molar-refractivity contribution in [2.45, 2.75) is 6.61 Å². The monoisotopic (exact) mass is 294 g/mol. The van der Waals surface area contributed by atoms with E-state index in [9.17, 15) is 4.79 Å². The number of anilines is 1. The zero-order valence-electron chi connectivity index (χ0n) is 11.7. The number of aliphatic hydroxyl groups is 1. The van der Waals surface area contributed by atoms with E-state index < -0.39 is 0 Å². The Morgan fingerprint density at radius 2 is 2.05 bits per heavy atom. The van der Waals surface area contributed by atoms with Gasteiger partial charge in [-0.2, -0.15) is 5.10 Å². The number of amides is 1. The number of rotatable bonds is 4. The summed E-state index contributed by atoms with van der Waals surface area (Å²) < 4.78 is 1.59. The summed E-state index contributed by atoms with van der Waals surface area (Å²) in [4.78, 5) is 16.6. The van der Waals surface area contributed by atoms with E-state index in [1.807, 2.05) is 0 Å². The highest BCUT2D eigenvalue weighted by Gasteiger charge is 2.09. The van der Waals surface area contributed by atoms with Crippen molar-refractivity contribution >= 4 is 11.6 Å². The summed E-state index contributed by atoms with van der Waals surface area (Å²) in [7, 11) is 0. The number of hydrogen-bond donors (Lipinski definition) is 2. The predicted octanol–water partition coefficient (Wildman–Crippen LogP) is 2.01. The van der Waals surface area contributed by atoms with Gasteiger partial charge in [0.2, 0.25) is 0 Å². The molecule has 0 saturated carbocycles. The molecular weight excluding hydrogens is 280 g/mol. The first kappa shape index (κ1) is 14.0. The van der Waals surface area contributed by atoms with Crippen LogP contribution in [0.3, 0.4) is 0 Å². The fourth-order valence-corrected chi connectivity index (χ4v) is 2.02. The molecule has 0 fully saturated rings. The van der Waals surface area contributed by atoms with Gasteiger partial charge in [-0.05, 0) is 35.9 Å². The van der Waals surface area contributed by atoms with Crippen LogP contribution in [-0.4, -0.2) is 25.8 Å². The minimum absolute atomic E-state index is 0.0727. The Bertz CT molecular complexity index is 784. The van der Waals surface area contributed by atoms with Crippen LogP contribution in [0.4, 0.5) is 5.69 Å². The van der Waals surface area contributed by atoms with Crippen LogP contribution in [0.15, 0.2) is 60.9 Å². The lowest BCUT2D eigenvalue weighted by atomic mass is 10.2. The average molecular weight is 294 g/mol. The van der Waals surface area contributed by atoms with E-state index in [1.165, 1.54) is 0 Å². The molecule has 0 aliphatic rings. The lowest BCUT2D eigenvalue weighted by molar-refractivity contribution is 0.102. The van der Waals surface area contributed by atoms with E-state index in [1.54, 1.807) is 65.6 Å². The summed E-state index contributed by atoms with van der Waals surface area (Å²) in [6.45, 7) is -0.0727. The van der Waals surface area contributed by atoms with Crippen molar-refractivity contribution in [3.63, 3.8) is 0 Å². The molecular formula is C16H14N4O2. The minimum Gasteiger partial charge on any atom is -0.392 e. The molecule has 0 bridgehead atoms. The van der Waals surface area contributed by atoms with Crippen LogP contribution in [-0.2, 0) is 6.61 Å². The number of aliphatic hydroxyl groups excluding tert-OH is 1. The number of carbonyl (C=O) groups is 1. The van der Waals surface area contributed by atoms with Gasteiger partial charge in [0.15, 0.2) is 5.82 Å². The number of aromatic nitrogens is 3. The van der Waals surface area contributed by atoms with E-state index in [4.69, 9.17) is 5.11 Å². The zero-order valence-corrected chi connectivity index (χ0v) is 11.7. The van der Waals surface area contributed by atoms with Crippen molar-refractivity contribution in [3.05, 3.63) is 72.2 Å². The second kappa shape index (κ2) is 6.19. The number of carbonyl (C=O) groups excluding carboxylic acids is 1. The average Bonchev–Trinajstić information content (AvgIpc) is 3.09. The molecule has 2 aromatic heterocycles. The Hall–Kier alpha value is -2.99. The van der Waals surface area contributed by atoms with Crippen LogP contribution in [0.5, 0.6) is 0 Å². The maximum atomic E-state index is 12.3. The first-order valence-electron chi connectivity index (χ1n) is 6.74. The maximum absolute atomic E-state index is 12.3. The van der Waals surface area contributed by atoms with Gasteiger partial charge in [0.25, 0.3) is 5.91 Å². The van der Waals surface area contributed by atoms with Gasteiger partial charge >= 0.3 is 0 Å². The van der Waals surface area contributed by atoms with E-state index >= 15 is 0 Å². The van der Waals surface area contributed by atoms with Crippen LogP contribution in [0, 0.1) is 0 Å². The maximum Gasteiger partial charge on any atom is 0.274 e. The third-order valence-electron chi connectivity index (χ3n) is 3.07. The molecule has 0 radical (unpaired) electrons. The summed E-state index contributed by atoms with van der Waals surface area (Å²) in [5.74, 6) is 0.255. The summed E-state index contributed by atoms with van der Waals surface area (Å²) >= 11 is 0. The number of benzene rings is 1. The molecule has 22 heavy (non-hydrogen) atoms. The third-order valence-corrected chi connectivity index (χ3v) is 3.07. The van der Waals surface area contributed by atoms with Crippen LogP contribution in [0.25, 0.3) is 5.82 Å². The van der Waals surface area contributed by atoms with Crippen molar-refractivity contribution in [2.75, 3.05) is 5.32 Å². The highest BCUT2D eigenvalue weighted by molar-refractivity contribution is 6.03. The molecule has 0 aliphatic carbocycles. The van der Waals surface area contributed by atoms with Crippen LogP contribution < -0.4 is 5.32 Å². The molecule has 2 heterocycles. The molecule has 0 aliphatic heterocycles. The van der Waals surface area contributed by atoms with Gasteiger partial charge in [0.1, 0.15) is 5.69 Å². The summed E-state index contributed by atoms with van der Waals surface area (Å²) in [6.07, 6.45) is 3.41. The first-order valence-corrected chi connectivity index (χ1v) is 6.74. The van der Waals surface area contributed by atoms with Gasteiger partial charge in [0.05, 0.1) is 6.61 Å². The quantitative estimate of drug-likeness (QED) is 0.771. The Morgan fingerprint density at radius 1 is 1.18 bits per heavy atom. The molecule has 0 spiro atoms. The highest BCUT2D eigenvalue weighted by Crippen LogP contribution is 2.12. The number of nitrogens with one attached hydrogen (secondary N) is 1. The summed E-state index contributed by atoms with van der Waals surface area (Å²) in [5.41, 5.74) is 1.64. The Kier molecular flexibility index (Phi) is 3.93. The predicted molar refractivity (Wildman–Crippen MR) is 81.7 cm³/mol. The number of nitrogens with zero attached hydrogens (tertiary/aromatic N) is 3. The van der Waals surface area contributed by atoms with Crippen molar-refractivity contribution in [2.24, 2.45) is 0 Å². The molecule has 0 atom stereocenters. The summed E-state index contributed by atoms with van der Waals surface area (Å²) in [5, 5.41) is 16.0. The molecule has 1 aromatic carbocycles. The Morgan fingerprint density at radius 3 is 2.82 bits per heavy atom. The molecule has 1 amide bonds. The van der Waals surface area contributed by atoms with Crippen molar-refractivity contribution < 1.29 is 9.90 Å². The second-order valence-corrected chi connectivity index (χ2v) is 4.64. The lowest BCUT2D eigenvalue weighted by Crippen LogP contribution is -2.15. The van der Waals surface area contributed by atoms with Gasteiger partial charge in [-0.25, -0.2) is 9.67 Å². The zero-order chi connectivity index (χ0) is 15.4. The van der Waals surface area contributed by atoms with Gasteiger partial charge in [0, 0.05) is 18.1 Å². The molecule has 110 valence electrons. The largest absolute Gasteiger partial charge is 0.392 e. The SMILES string of the molecule is O=C(Nc1cccc(CO)c1)c1cccc(-n2cccn2)n1. The normalized spacial score (nSPS) is 10.4. The third kappa shape index (κ3) is 3.02. The fourth-order valence-electron chi connectivity index (χ4n) is 2.02. The molecule has 6 heteroatoms. The summed E-state index contributed by atoms with van der Waals surface area (Å²) in [6, 6.07) is 14.0. The second-order valence-electron chi connectivity index (χ2n) is 4.64. The number of pyridine rings is 1. The lowest BCUT2D eigenvalue weighted by Gasteiger charge is -2.07. The Balaban J connectivity index is 1.81. The van der Waals surface area contributed by atoms with Crippen molar-refractivity contribution in [1.82, 2.24) is 14.8 Å². The van der Waals surface area contributed by atoms with Crippen LogP contribution in [0.1, 0.15) is 16.1 Å². The molecule has 2 N–H and O–H groups in total. The fraction of sp³-hybridized carbons (Fsp3) is 0.0625. The standard InChI is InChI=1S/C16H14N4O2/c21-11-12-4-1-5-13(10-12)18-16(22)14-6-2-7-15(19-14)20-9-3-8-17-20/h1-10,21H,11H2,(H,18,22). The van der Waals surface area contributed by atoms with E-state index in [-0.39, 0.29) is 12.5 Å². The van der Waals surface area contributed by atoms with Gasteiger partial charge in [-0.3, -0.25) is 4.79 Å². The Labute approximate surface area is 127 Å².